The van der Waals surface area contributed by atoms with Crippen molar-refractivity contribution < 1.29 is 0 Å². The van der Waals surface area contributed by atoms with Gasteiger partial charge in [-0.15, -0.1) is 0 Å². The van der Waals surface area contributed by atoms with E-state index in [2.05, 4.69) is 9.97 Å². The molecule has 2 nitrogen and oxygen atoms in total. The van der Waals surface area contributed by atoms with Crippen molar-refractivity contribution in [2.24, 2.45) is 0 Å². The average molecular weight is 244 g/mol. The Morgan fingerprint density at radius 1 is 1.42 bits per heavy atom. The molecule has 0 N–H and O–H groups in total. The predicted octanol–water partition coefficient (Wildman–Crippen LogP) is 3.03. The second-order valence-electron chi connectivity index (χ2n) is 1.93. The van der Waals surface area contributed by atoms with Crippen molar-refractivity contribution in [2.45, 2.75) is 8.95 Å². The van der Waals surface area contributed by atoms with Crippen LogP contribution < -0.4 is 0 Å². The molecule has 0 saturated carbocycles. The summed E-state index contributed by atoms with van der Waals surface area (Å²) in [7, 11) is 0. The van der Waals surface area contributed by atoms with E-state index in [9.17, 15) is 0 Å². The van der Waals surface area contributed by atoms with Crippen LogP contribution in [-0.4, -0.2) is 16.2 Å². The molecule has 6 heteroatoms. The van der Waals surface area contributed by atoms with Crippen LogP contribution >= 0.6 is 46.6 Å². The minimum absolute atomic E-state index is 0.395. The maximum Gasteiger partial charge on any atom is 0.232 e. The molecule has 0 aliphatic heterocycles. The first kappa shape index (κ1) is 10.4. The summed E-state index contributed by atoms with van der Waals surface area (Å²) < 4.78 is -1.46. The van der Waals surface area contributed by atoms with Gasteiger partial charge in [-0.25, -0.2) is 9.97 Å². The number of hydrogen-bond donors (Lipinski definition) is 0. The molecule has 12 heavy (non-hydrogen) atoms. The Labute approximate surface area is 89.6 Å². The summed E-state index contributed by atoms with van der Waals surface area (Å²) in [6, 6.07) is 1.58. The number of rotatable bonds is 1. The lowest BCUT2D eigenvalue weighted by atomic mass is 10.4. The predicted molar refractivity (Wildman–Crippen MR) is 53.1 cm³/mol. The highest BCUT2D eigenvalue weighted by atomic mass is 35.6. The molecular weight excluding hydrogens is 239 g/mol. The number of alkyl halides is 3. The maximum absolute atomic E-state index is 5.62. The van der Waals surface area contributed by atoms with Gasteiger partial charge in [0.15, 0.2) is 5.16 Å². The highest BCUT2D eigenvalue weighted by Crippen LogP contribution is 2.36. The summed E-state index contributed by atoms with van der Waals surface area (Å²) in [4.78, 5) is 7.97. The molecule has 0 saturated heterocycles. The molecule has 0 radical (unpaired) electrons. The lowest BCUT2D eigenvalue weighted by molar-refractivity contribution is 0.903. The zero-order chi connectivity index (χ0) is 9.19. The van der Waals surface area contributed by atoms with Gasteiger partial charge >= 0.3 is 0 Å². The third-order valence-corrected chi connectivity index (χ3v) is 2.25. The summed E-state index contributed by atoms with van der Waals surface area (Å²) in [6.07, 6.45) is 3.42. The molecule has 1 heterocycles. The van der Waals surface area contributed by atoms with Gasteiger partial charge in [0.1, 0.15) is 0 Å². The van der Waals surface area contributed by atoms with E-state index in [4.69, 9.17) is 34.8 Å². The summed E-state index contributed by atoms with van der Waals surface area (Å²) in [5.41, 5.74) is 0.395. The molecule has 66 valence electrons. The molecule has 1 aromatic heterocycles. The van der Waals surface area contributed by atoms with E-state index >= 15 is 0 Å². The number of hydrogen-bond acceptors (Lipinski definition) is 3. The van der Waals surface area contributed by atoms with Gasteiger partial charge in [0.05, 0.1) is 5.69 Å². The molecule has 0 bridgehead atoms. The summed E-state index contributed by atoms with van der Waals surface area (Å²) in [5.74, 6) is 0. The summed E-state index contributed by atoms with van der Waals surface area (Å²) in [6.45, 7) is 0. The summed E-state index contributed by atoms with van der Waals surface area (Å²) >= 11 is 18.3. The van der Waals surface area contributed by atoms with Gasteiger partial charge in [-0.2, -0.15) is 0 Å². The Bertz CT molecular complexity index is 274. The molecule has 0 amide bonds. The van der Waals surface area contributed by atoms with Crippen molar-refractivity contribution in [3.63, 3.8) is 0 Å². The summed E-state index contributed by atoms with van der Waals surface area (Å²) in [5, 5.41) is 0.596. The molecule has 0 spiro atoms. The highest BCUT2D eigenvalue weighted by molar-refractivity contribution is 7.98. The zero-order valence-electron chi connectivity index (χ0n) is 6.09. The lowest BCUT2D eigenvalue weighted by Gasteiger charge is -2.09. The molecule has 0 unspecified atom stereocenters. The van der Waals surface area contributed by atoms with Gasteiger partial charge in [0.25, 0.3) is 0 Å². The standard InChI is InChI=1S/C6H5Cl3N2S/c1-12-5-10-3-2-4(11-5)6(7,8)9/h2-3H,1H3. The van der Waals surface area contributed by atoms with Crippen LogP contribution in [0.3, 0.4) is 0 Å². The van der Waals surface area contributed by atoms with Crippen molar-refractivity contribution >= 4 is 46.6 Å². The van der Waals surface area contributed by atoms with E-state index in [-0.39, 0.29) is 0 Å². The number of aromatic nitrogens is 2. The Kier molecular flexibility index (Phi) is 3.47. The fourth-order valence-electron chi connectivity index (χ4n) is 0.597. The van der Waals surface area contributed by atoms with Crippen LogP contribution in [0, 0.1) is 0 Å². The van der Waals surface area contributed by atoms with Gasteiger partial charge in [0, 0.05) is 6.20 Å². The number of nitrogens with zero attached hydrogens (tertiary/aromatic N) is 2. The largest absolute Gasteiger partial charge is 0.232 e. The maximum atomic E-state index is 5.62. The zero-order valence-corrected chi connectivity index (χ0v) is 9.18. The van der Waals surface area contributed by atoms with Crippen molar-refractivity contribution in [3.05, 3.63) is 18.0 Å². The van der Waals surface area contributed by atoms with Crippen LogP contribution in [-0.2, 0) is 3.79 Å². The lowest BCUT2D eigenvalue weighted by Crippen LogP contribution is -2.04. The molecule has 0 aliphatic carbocycles. The van der Waals surface area contributed by atoms with Gasteiger partial charge in [-0.05, 0) is 12.3 Å². The van der Waals surface area contributed by atoms with Crippen LogP contribution in [0.5, 0.6) is 0 Å². The molecule has 0 aromatic carbocycles. The molecule has 0 aliphatic rings. The third kappa shape index (κ3) is 2.66. The third-order valence-electron chi connectivity index (χ3n) is 1.11. The highest BCUT2D eigenvalue weighted by Gasteiger charge is 2.24. The quantitative estimate of drug-likeness (QED) is 0.431. The normalized spacial score (nSPS) is 11.7. The first-order chi connectivity index (χ1) is 5.54. The van der Waals surface area contributed by atoms with E-state index < -0.39 is 3.79 Å². The Morgan fingerprint density at radius 3 is 2.58 bits per heavy atom. The molecular formula is C6H5Cl3N2S. The average Bonchev–Trinajstić information content (AvgIpc) is 2.03. The Balaban J connectivity index is 3.02. The van der Waals surface area contributed by atoms with Gasteiger partial charge in [-0.3, -0.25) is 0 Å². The fraction of sp³-hybridized carbons (Fsp3) is 0.333. The van der Waals surface area contributed by atoms with Crippen LogP contribution in [0.1, 0.15) is 5.69 Å². The van der Waals surface area contributed by atoms with Crippen LogP contribution in [0.15, 0.2) is 17.4 Å². The second-order valence-corrected chi connectivity index (χ2v) is 4.98. The minimum Gasteiger partial charge on any atom is -0.231 e. The van der Waals surface area contributed by atoms with Crippen molar-refractivity contribution in [2.75, 3.05) is 6.26 Å². The van der Waals surface area contributed by atoms with E-state index in [1.54, 1.807) is 12.3 Å². The molecule has 0 atom stereocenters. The van der Waals surface area contributed by atoms with Crippen LogP contribution in [0.25, 0.3) is 0 Å². The van der Waals surface area contributed by atoms with Gasteiger partial charge in [-0.1, -0.05) is 46.6 Å². The van der Waals surface area contributed by atoms with Crippen LogP contribution in [0.2, 0.25) is 0 Å². The first-order valence-corrected chi connectivity index (χ1v) is 5.34. The number of halogens is 3. The topological polar surface area (TPSA) is 25.8 Å². The SMILES string of the molecule is CSc1nccc(C(Cl)(Cl)Cl)n1. The Hall–Kier alpha value is 0.300. The van der Waals surface area contributed by atoms with Crippen molar-refractivity contribution in [3.8, 4) is 0 Å². The molecule has 1 rings (SSSR count). The molecule has 0 fully saturated rings. The van der Waals surface area contributed by atoms with Crippen molar-refractivity contribution in [1.29, 1.82) is 0 Å². The second kappa shape index (κ2) is 4.01. The fourth-order valence-corrected chi connectivity index (χ4v) is 1.27. The van der Waals surface area contributed by atoms with E-state index in [0.717, 1.165) is 0 Å². The van der Waals surface area contributed by atoms with Crippen LogP contribution in [0.4, 0.5) is 0 Å². The Morgan fingerprint density at radius 2 is 2.08 bits per heavy atom. The van der Waals surface area contributed by atoms with E-state index in [0.29, 0.717) is 10.9 Å². The van der Waals surface area contributed by atoms with Gasteiger partial charge < -0.3 is 0 Å². The van der Waals surface area contributed by atoms with E-state index in [1.165, 1.54) is 11.8 Å². The monoisotopic (exact) mass is 242 g/mol. The minimum atomic E-state index is -1.46. The first-order valence-electron chi connectivity index (χ1n) is 2.98. The smallest absolute Gasteiger partial charge is 0.231 e. The number of thioether (sulfide) groups is 1. The van der Waals surface area contributed by atoms with Crippen molar-refractivity contribution in [1.82, 2.24) is 9.97 Å². The van der Waals surface area contributed by atoms with Gasteiger partial charge in [0.2, 0.25) is 3.79 Å². The van der Waals surface area contributed by atoms with E-state index in [1.807, 2.05) is 6.26 Å². The molecule has 1 aromatic rings.